The van der Waals surface area contributed by atoms with Crippen LogP contribution in [0.4, 0.5) is 5.69 Å². The molecule has 0 radical (unpaired) electrons. The molecule has 0 unspecified atom stereocenters. The zero-order valence-corrected chi connectivity index (χ0v) is 11.2. The fourth-order valence-electron chi connectivity index (χ4n) is 1.54. The van der Waals surface area contributed by atoms with Crippen LogP contribution in [0.3, 0.4) is 0 Å². The normalized spacial score (nSPS) is 9.89. The van der Waals surface area contributed by atoms with Crippen LogP contribution in [0.2, 0.25) is 0 Å². The van der Waals surface area contributed by atoms with E-state index in [4.69, 9.17) is 0 Å². The minimum atomic E-state index is -0.131. The van der Waals surface area contributed by atoms with Crippen molar-refractivity contribution in [2.45, 2.75) is 4.90 Å². The second-order valence-electron chi connectivity index (χ2n) is 3.79. The molecule has 96 valence electrons. The number of carbonyl (C=O) groups excluding carboxylic acids is 1. The Morgan fingerprint density at radius 2 is 2.00 bits per heavy atom. The second-order valence-corrected chi connectivity index (χ2v) is 4.85. The number of nitrogens with zero attached hydrogens (tertiary/aromatic N) is 1. The molecule has 0 saturated heterocycles. The molecule has 0 saturated carbocycles. The molecule has 0 aliphatic rings. The Bertz CT molecular complexity index is 569. The summed E-state index contributed by atoms with van der Waals surface area (Å²) < 4.78 is 0. The molecule has 0 bridgehead atoms. The number of para-hydroxylation sites is 1. The van der Waals surface area contributed by atoms with Gasteiger partial charge in [0.05, 0.1) is 5.69 Å². The summed E-state index contributed by atoms with van der Waals surface area (Å²) >= 11 is 1.64. The number of thioether (sulfide) groups is 1. The zero-order valence-electron chi connectivity index (χ0n) is 10.4. The lowest BCUT2D eigenvalue weighted by atomic mass is 10.2. The molecule has 1 aromatic heterocycles. The first kappa shape index (κ1) is 13.4. The number of anilines is 1. The van der Waals surface area contributed by atoms with E-state index in [1.807, 2.05) is 30.3 Å². The summed E-state index contributed by atoms with van der Waals surface area (Å²) in [6, 6.07) is 11.1. The second kappa shape index (κ2) is 6.75. The van der Waals surface area contributed by atoms with Crippen molar-refractivity contribution in [2.24, 2.45) is 0 Å². The Labute approximate surface area is 116 Å². The third kappa shape index (κ3) is 3.69. The average Bonchev–Trinajstić information content (AvgIpc) is 2.47. The van der Waals surface area contributed by atoms with Gasteiger partial charge in [0.15, 0.2) is 0 Å². The molecule has 3 nitrogen and oxygen atoms in total. The molecule has 2 rings (SSSR count). The van der Waals surface area contributed by atoms with Gasteiger partial charge in [-0.05, 0) is 24.3 Å². The molecule has 4 heteroatoms. The lowest BCUT2D eigenvalue weighted by molar-refractivity contribution is 0.102. The molecule has 19 heavy (non-hydrogen) atoms. The minimum absolute atomic E-state index is 0.131. The molecule has 1 N–H and O–H groups in total. The van der Waals surface area contributed by atoms with Crippen LogP contribution in [0.5, 0.6) is 0 Å². The Hall–Kier alpha value is -2.07. The van der Waals surface area contributed by atoms with Crippen molar-refractivity contribution in [3.05, 3.63) is 67.0 Å². The maximum atomic E-state index is 12.1. The quantitative estimate of drug-likeness (QED) is 0.666. The number of aromatic nitrogens is 1. The van der Waals surface area contributed by atoms with Crippen molar-refractivity contribution < 1.29 is 4.79 Å². The molecule has 1 heterocycles. The summed E-state index contributed by atoms with van der Waals surface area (Å²) in [7, 11) is 0. The molecule has 1 amide bonds. The highest BCUT2D eigenvalue weighted by Crippen LogP contribution is 2.27. The van der Waals surface area contributed by atoms with Gasteiger partial charge in [0, 0.05) is 28.6 Å². The van der Waals surface area contributed by atoms with Crippen molar-refractivity contribution in [2.75, 3.05) is 11.1 Å². The highest BCUT2D eigenvalue weighted by molar-refractivity contribution is 7.99. The maximum absolute atomic E-state index is 12.1. The van der Waals surface area contributed by atoms with Crippen molar-refractivity contribution in [3.63, 3.8) is 0 Å². The van der Waals surface area contributed by atoms with Gasteiger partial charge in [-0.15, -0.1) is 18.3 Å². The van der Waals surface area contributed by atoms with Crippen molar-refractivity contribution >= 4 is 23.4 Å². The van der Waals surface area contributed by atoms with E-state index in [2.05, 4.69) is 16.9 Å². The van der Waals surface area contributed by atoms with E-state index in [1.54, 1.807) is 36.3 Å². The Morgan fingerprint density at radius 1 is 1.26 bits per heavy atom. The lowest BCUT2D eigenvalue weighted by Gasteiger charge is -2.09. The highest BCUT2D eigenvalue weighted by atomic mass is 32.2. The fraction of sp³-hybridized carbons (Fsp3) is 0.0667. The molecule has 1 aromatic carbocycles. The van der Waals surface area contributed by atoms with Gasteiger partial charge >= 0.3 is 0 Å². The molecule has 0 spiro atoms. The number of hydrogen-bond acceptors (Lipinski definition) is 3. The molecule has 0 atom stereocenters. The number of benzene rings is 1. The maximum Gasteiger partial charge on any atom is 0.255 e. The predicted octanol–water partition coefficient (Wildman–Crippen LogP) is 3.61. The molecule has 0 aliphatic carbocycles. The first-order chi connectivity index (χ1) is 9.31. The van der Waals surface area contributed by atoms with Gasteiger partial charge in [-0.2, -0.15) is 0 Å². The van der Waals surface area contributed by atoms with Gasteiger partial charge < -0.3 is 5.32 Å². The van der Waals surface area contributed by atoms with Crippen LogP contribution in [0.25, 0.3) is 0 Å². The molecular weight excluding hydrogens is 256 g/mol. The van der Waals surface area contributed by atoms with Crippen molar-refractivity contribution in [1.82, 2.24) is 4.98 Å². The number of rotatable bonds is 5. The van der Waals surface area contributed by atoms with Crippen LogP contribution in [0.15, 0.2) is 66.3 Å². The Kier molecular flexibility index (Phi) is 4.75. The third-order valence-electron chi connectivity index (χ3n) is 2.43. The van der Waals surface area contributed by atoms with E-state index in [0.717, 1.165) is 16.3 Å². The number of pyridine rings is 1. The summed E-state index contributed by atoms with van der Waals surface area (Å²) in [5.41, 5.74) is 1.41. The third-order valence-corrected chi connectivity index (χ3v) is 3.50. The first-order valence-corrected chi connectivity index (χ1v) is 6.84. The smallest absolute Gasteiger partial charge is 0.255 e. The van der Waals surface area contributed by atoms with Crippen LogP contribution in [0, 0.1) is 0 Å². The summed E-state index contributed by atoms with van der Waals surface area (Å²) in [6.07, 6.45) is 5.05. The lowest BCUT2D eigenvalue weighted by Crippen LogP contribution is -2.12. The van der Waals surface area contributed by atoms with Gasteiger partial charge in [-0.1, -0.05) is 18.2 Å². The van der Waals surface area contributed by atoms with Crippen LogP contribution < -0.4 is 5.32 Å². The van der Waals surface area contributed by atoms with Gasteiger partial charge in [0.25, 0.3) is 5.91 Å². The highest BCUT2D eigenvalue weighted by Gasteiger charge is 2.08. The topological polar surface area (TPSA) is 42.0 Å². The van der Waals surface area contributed by atoms with Crippen LogP contribution in [0.1, 0.15) is 10.4 Å². The summed E-state index contributed by atoms with van der Waals surface area (Å²) in [5, 5.41) is 2.91. The molecule has 2 aromatic rings. The Balaban J connectivity index is 2.14. The minimum Gasteiger partial charge on any atom is -0.321 e. The summed E-state index contributed by atoms with van der Waals surface area (Å²) in [4.78, 5) is 17.0. The predicted molar refractivity (Wildman–Crippen MR) is 79.6 cm³/mol. The number of amides is 1. The summed E-state index contributed by atoms with van der Waals surface area (Å²) in [5.74, 6) is 0.677. The number of carbonyl (C=O) groups is 1. The SMILES string of the molecule is C=CCSc1ccccc1NC(=O)c1ccncc1. The molecular formula is C15H14N2OS. The summed E-state index contributed by atoms with van der Waals surface area (Å²) in [6.45, 7) is 3.70. The number of hydrogen-bond donors (Lipinski definition) is 1. The van der Waals surface area contributed by atoms with E-state index in [9.17, 15) is 4.79 Å². The van der Waals surface area contributed by atoms with E-state index < -0.39 is 0 Å². The molecule has 0 fully saturated rings. The van der Waals surface area contributed by atoms with Gasteiger partial charge in [-0.3, -0.25) is 9.78 Å². The van der Waals surface area contributed by atoms with Crippen LogP contribution in [-0.2, 0) is 0 Å². The van der Waals surface area contributed by atoms with E-state index >= 15 is 0 Å². The first-order valence-electron chi connectivity index (χ1n) is 5.85. The van der Waals surface area contributed by atoms with Crippen molar-refractivity contribution in [1.29, 1.82) is 0 Å². The van der Waals surface area contributed by atoms with Crippen LogP contribution in [-0.4, -0.2) is 16.6 Å². The fourth-order valence-corrected chi connectivity index (χ4v) is 2.29. The van der Waals surface area contributed by atoms with Crippen LogP contribution >= 0.6 is 11.8 Å². The van der Waals surface area contributed by atoms with Gasteiger partial charge in [-0.25, -0.2) is 0 Å². The number of nitrogens with one attached hydrogen (secondary N) is 1. The monoisotopic (exact) mass is 270 g/mol. The average molecular weight is 270 g/mol. The van der Waals surface area contributed by atoms with Gasteiger partial charge in [0.2, 0.25) is 0 Å². The largest absolute Gasteiger partial charge is 0.321 e. The standard InChI is InChI=1S/C15H14N2OS/c1-2-11-19-14-6-4-3-5-13(14)17-15(18)12-7-9-16-10-8-12/h2-10H,1,11H2,(H,17,18). The molecule has 0 aliphatic heterocycles. The van der Waals surface area contributed by atoms with E-state index in [-0.39, 0.29) is 5.91 Å². The van der Waals surface area contributed by atoms with E-state index in [1.165, 1.54) is 0 Å². The van der Waals surface area contributed by atoms with E-state index in [0.29, 0.717) is 5.56 Å². The van der Waals surface area contributed by atoms with Crippen molar-refractivity contribution in [3.8, 4) is 0 Å². The Morgan fingerprint density at radius 3 is 2.74 bits per heavy atom. The van der Waals surface area contributed by atoms with Gasteiger partial charge in [0.1, 0.15) is 0 Å². The zero-order chi connectivity index (χ0) is 13.5.